The van der Waals surface area contributed by atoms with Gasteiger partial charge in [-0.2, -0.15) is 0 Å². The average molecular weight is 192 g/mol. The first-order valence-corrected chi connectivity index (χ1v) is 6.32. The third-order valence-electron chi connectivity index (χ3n) is 2.87. The van der Waals surface area contributed by atoms with Crippen LogP contribution in [0.5, 0.6) is 0 Å². The molecule has 0 radical (unpaired) electrons. The monoisotopic (exact) mass is 192 g/mol. The molecule has 0 N–H and O–H groups in total. The minimum Gasteiger partial charge on any atom is -0.0845 e. The van der Waals surface area contributed by atoms with E-state index in [0.29, 0.717) is 0 Å². The van der Waals surface area contributed by atoms with E-state index >= 15 is 0 Å². The summed E-state index contributed by atoms with van der Waals surface area (Å²) in [5, 5.41) is 0. The van der Waals surface area contributed by atoms with E-state index in [9.17, 15) is 0 Å². The summed E-state index contributed by atoms with van der Waals surface area (Å²) >= 11 is 0. The van der Waals surface area contributed by atoms with E-state index in [4.69, 9.17) is 0 Å². The molecule has 0 fully saturated rings. The zero-order valence-corrected chi connectivity index (χ0v) is 9.38. The van der Waals surface area contributed by atoms with Crippen LogP contribution in [0.25, 0.3) is 0 Å². The summed E-state index contributed by atoms with van der Waals surface area (Å²) in [5.41, 5.74) is 0. The first-order valence-electron chi connectivity index (χ1n) is 6.32. The number of hydrogen-bond acceptors (Lipinski definition) is 0. The van der Waals surface area contributed by atoms with E-state index in [1.165, 1.54) is 64.2 Å². The lowest BCUT2D eigenvalue weighted by molar-refractivity contribution is 0.571. The summed E-state index contributed by atoms with van der Waals surface area (Å²) in [5.74, 6) is 0. The van der Waals surface area contributed by atoms with Gasteiger partial charge >= 0.3 is 0 Å². The predicted molar refractivity (Wildman–Crippen MR) is 64.5 cm³/mol. The molecule has 0 aromatic rings. The van der Waals surface area contributed by atoms with Gasteiger partial charge in [0.25, 0.3) is 0 Å². The second-order valence-corrected chi connectivity index (χ2v) is 4.26. The molecule has 0 bridgehead atoms. The van der Waals surface area contributed by atoms with Crippen LogP contribution in [0.2, 0.25) is 0 Å². The molecular weight excluding hydrogens is 168 g/mol. The van der Waals surface area contributed by atoms with Gasteiger partial charge < -0.3 is 0 Å². The van der Waals surface area contributed by atoms with Crippen LogP contribution in [-0.2, 0) is 0 Å². The molecule has 0 aromatic heterocycles. The second-order valence-electron chi connectivity index (χ2n) is 4.26. The summed E-state index contributed by atoms with van der Waals surface area (Å²) in [4.78, 5) is 0. The highest BCUT2D eigenvalue weighted by molar-refractivity contribution is 5.02. The van der Waals surface area contributed by atoms with Gasteiger partial charge in [0.15, 0.2) is 0 Å². The Morgan fingerprint density at radius 2 is 0.786 bits per heavy atom. The average Bonchev–Trinajstić information content (AvgIpc) is 2.22. The Kier molecular flexibility index (Phi) is 7.47. The fourth-order valence-electron chi connectivity index (χ4n) is 1.93. The van der Waals surface area contributed by atoms with Gasteiger partial charge in [-0.1, -0.05) is 62.8 Å². The van der Waals surface area contributed by atoms with Crippen molar-refractivity contribution in [1.82, 2.24) is 0 Å². The van der Waals surface area contributed by atoms with Crippen LogP contribution in [0, 0.1) is 0 Å². The summed E-state index contributed by atoms with van der Waals surface area (Å²) in [6, 6.07) is 0. The molecule has 0 saturated carbocycles. The molecule has 0 nitrogen and oxygen atoms in total. The molecule has 0 unspecified atom stereocenters. The van der Waals surface area contributed by atoms with Crippen molar-refractivity contribution < 1.29 is 0 Å². The standard InChI is InChI=1S/C14H24/c1-2-4-6-8-10-12-14-13-11-9-7-5-3-1/h1-4H,5-14H2. The van der Waals surface area contributed by atoms with Gasteiger partial charge in [-0.05, 0) is 25.7 Å². The topological polar surface area (TPSA) is 0 Å². The van der Waals surface area contributed by atoms with Crippen molar-refractivity contribution in [2.24, 2.45) is 0 Å². The van der Waals surface area contributed by atoms with E-state index < -0.39 is 0 Å². The molecule has 0 heteroatoms. The maximum Gasteiger partial charge on any atom is -0.0348 e. The molecule has 1 aliphatic rings. The van der Waals surface area contributed by atoms with E-state index in [1.54, 1.807) is 0 Å². The molecule has 0 amide bonds. The van der Waals surface area contributed by atoms with Crippen LogP contribution in [0.15, 0.2) is 24.3 Å². The smallest absolute Gasteiger partial charge is 0.0348 e. The molecule has 0 heterocycles. The van der Waals surface area contributed by atoms with E-state index in [-0.39, 0.29) is 0 Å². The highest BCUT2D eigenvalue weighted by Gasteiger charge is 1.91. The largest absolute Gasteiger partial charge is 0.0845 e. The van der Waals surface area contributed by atoms with Crippen molar-refractivity contribution in [2.75, 3.05) is 0 Å². The third-order valence-corrected chi connectivity index (χ3v) is 2.87. The highest BCUT2D eigenvalue weighted by Crippen LogP contribution is 2.11. The molecule has 80 valence electrons. The summed E-state index contributed by atoms with van der Waals surface area (Å²) in [6.45, 7) is 0. The minimum absolute atomic E-state index is 1.27. The van der Waals surface area contributed by atoms with Crippen molar-refractivity contribution >= 4 is 0 Å². The number of hydrogen-bond donors (Lipinski definition) is 0. The Balaban J connectivity index is 2.17. The Morgan fingerprint density at radius 3 is 1.21 bits per heavy atom. The van der Waals surface area contributed by atoms with Crippen molar-refractivity contribution in [3.63, 3.8) is 0 Å². The van der Waals surface area contributed by atoms with Gasteiger partial charge in [-0.3, -0.25) is 0 Å². The Labute approximate surface area is 89.1 Å². The van der Waals surface area contributed by atoms with Crippen molar-refractivity contribution in [2.45, 2.75) is 64.2 Å². The fourth-order valence-corrected chi connectivity index (χ4v) is 1.93. The second kappa shape index (κ2) is 9.05. The van der Waals surface area contributed by atoms with E-state index in [1.807, 2.05) is 0 Å². The molecule has 0 aliphatic heterocycles. The highest BCUT2D eigenvalue weighted by atomic mass is 14.0. The van der Waals surface area contributed by atoms with Crippen LogP contribution in [0.1, 0.15) is 64.2 Å². The summed E-state index contributed by atoms with van der Waals surface area (Å²) < 4.78 is 0. The maximum absolute atomic E-state index is 2.31. The Bertz CT molecular complexity index is 145. The first kappa shape index (κ1) is 11.6. The van der Waals surface area contributed by atoms with Crippen molar-refractivity contribution in [1.29, 1.82) is 0 Å². The molecule has 0 aromatic carbocycles. The third kappa shape index (κ3) is 6.94. The summed E-state index contributed by atoms with van der Waals surface area (Å²) in [6.07, 6.45) is 23.0. The lowest BCUT2D eigenvalue weighted by Gasteiger charge is -2.01. The Hall–Kier alpha value is -0.520. The van der Waals surface area contributed by atoms with Gasteiger partial charge in [0.05, 0.1) is 0 Å². The van der Waals surface area contributed by atoms with Crippen LogP contribution in [0.4, 0.5) is 0 Å². The SMILES string of the molecule is C1=CCCCCCCCCCCC=C1. The van der Waals surface area contributed by atoms with Crippen molar-refractivity contribution in [3.05, 3.63) is 24.3 Å². The van der Waals surface area contributed by atoms with Crippen LogP contribution >= 0.6 is 0 Å². The lowest BCUT2D eigenvalue weighted by atomic mass is 10.1. The van der Waals surface area contributed by atoms with Gasteiger partial charge in [0.2, 0.25) is 0 Å². The molecule has 1 rings (SSSR count). The quantitative estimate of drug-likeness (QED) is 0.506. The molecule has 0 saturated heterocycles. The fraction of sp³-hybridized carbons (Fsp3) is 0.714. The lowest BCUT2D eigenvalue weighted by Crippen LogP contribution is -1.81. The molecular formula is C14H24. The van der Waals surface area contributed by atoms with Gasteiger partial charge in [0.1, 0.15) is 0 Å². The van der Waals surface area contributed by atoms with Gasteiger partial charge in [-0.15, -0.1) is 0 Å². The Morgan fingerprint density at radius 1 is 0.429 bits per heavy atom. The minimum atomic E-state index is 1.27. The van der Waals surface area contributed by atoms with Crippen LogP contribution in [0.3, 0.4) is 0 Å². The predicted octanol–water partition coefficient (Wildman–Crippen LogP) is 5.01. The zero-order valence-electron chi connectivity index (χ0n) is 9.38. The zero-order chi connectivity index (χ0) is 9.90. The first-order chi connectivity index (χ1) is 7.00. The van der Waals surface area contributed by atoms with Crippen LogP contribution in [-0.4, -0.2) is 0 Å². The normalized spacial score (nSPS) is 21.7. The maximum atomic E-state index is 2.31. The van der Waals surface area contributed by atoms with E-state index in [0.717, 1.165) is 0 Å². The molecule has 0 atom stereocenters. The number of rotatable bonds is 0. The number of allylic oxidation sites excluding steroid dienone is 4. The van der Waals surface area contributed by atoms with Gasteiger partial charge in [-0.25, -0.2) is 0 Å². The van der Waals surface area contributed by atoms with Crippen molar-refractivity contribution in [3.8, 4) is 0 Å². The molecule has 1 aliphatic carbocycles. The molecule has 14 heavy (non-hydrogen) atoms. The molecule has 0 spiro atoms. The summed E-state index contributed by atoms with van der Waals surface area (Å²) in [7, 11) is 0. The van der Waals surface area contributed by atoms with E-state index in [2.05, 4.69) is 24.3 Å². The van der Waals surface area contributed by atoms with Gasteiger partial charge in [0, 0.05) is 0 Å². The van der Waals surface area contributed by atoms with Crippen LogP contribution < -0.4 is 0 Å².